The van der Waals surface area contributed by atoms with Crippen molar-refractivity contribution in [3.05, 3.63) is 151 Å². The van der Waals surface area contributed by atoms with Crippen LogP contribution in [0.3, 0.4) is 0 Å². The number of imidazole rings is 2. The Morgan fingerprint density at radius 1 is 0.681 bits per heavy atom. The molecule has 0 saturated heterocycles. The SMILES string of the molecule is Cc1ccc(/C=C/C(=O)n2c(=O)[nH]c3ccccc32)cc1C.Cc1ccc(/C=C/C(=O)n2c(=O)n(C)c3ccccc32)cc1C.[2H]CF. The van der Waals surface area contributed by atoms with Gasteiger partial charge in [0.05, 0.1) is 30.6 Å². The van der Waals surface area contributed by atoms with E-state index in [-0.39, 0.29) is 17.5 Å². The molecule has 0 fully saturated rings. The zero-order valence-electron chi connectivity index (χ0n) is 28.0. The number of H-pyrrole nitrogens is 1. The van der Waals surface area contributed by atoms with E-state index in [1.165, 1.54) is 43.5 Å². The average Bonchev–Trinajstić information content (AvgIpc) is 3.54. The lowest BCUT2D eigenvalue weighted by Crippen LogP contribution is -2.26. The molecule has 0 amide bonds. The molecule has 6 rings (SSSR count). The highest BCUT2D eigenvalue weighted by atomic mass is 19.1. The highest BCUT2D eigenvalue weighted by Gasteiger charge is 2.14. The number of halogens is 1. The van der Waals surface area contributed by atoms with E-state index in [1.807, 2.05) is 88.4 Å². The van der Waals surface area contributed by atoms with Crippen molar-refractivity contribution in [3.8, 4) is 0 Å². The lowest BCUT2D eigenvalue weighted by atomic mass is 10.1. The minimum Gasteiger partial charge on any atom is -0.305 e. The Morgan fingerprint density at radius 2 is 1.15 bits per heavy atom. The third kappa shape index (κ3) is 7.53. The van der Waals surface area contributed by atoms with Crippen LogP contribution in [0.4, 0.5) is 4.39 Å². The molecule has 9 heteroatoms. The molecule has 2 aromatic heterocycles. The van der Waals surface area contributed by atoms with E-state index in [4.69, 9.17) is 1.37 Å². The molecule has 1 N–H and O–H groups in total. The first-order valence-electron chi connectivity index (χ1n) is 15.5. The summed E-state index contributed by atoms with van der Waals surface area (Å²) in [6.07, 6.45) is 6.33. The van der Waals surface area contributed by atoms with Gasteiger partial charge in [-0.25, -0.2) is 18.7 Å². The maximum atomic E-state index is 12.5. The normalized spacial score (nSPS) is 11.3. The number of aromatic nitrogens is 4. The standard InChI is InChI=1S/C19H18N2O2.C18H16N2O2.CH3F/c1-13-8-9-15(12-14(13)2)10-11-18(22)21-17-7-5-4-6-16(17)20(3)19(21)23;1-12-7-8-14(11-13(12)2)9-10-17(21)20-16-6-4-3-5-15(16)19-18(20)22;1-2/h4-12H,1-3H3;3-11H,1-2H3,(H,19,22);1H3/b11-10+;10-9+;/i;;1D. The van der Waals surface area contributed by atoms with Gasteiger partial charge in [-0.2, -0.15) is 0 Å². The van der Waals surface area contributed by atoms with Gasteiger partial charge in [0.2, 0.25) is 0 Å². The number of hydrogen-bond donors (Lipinski definition) is 1. The van der Waals surface area contributed by atoms with Gasteiger partial charge in [0, 0.05) is 19.2 Å². The van der Waals surface area contributed by atoms with Crippen LogP contribution >= 0.6 is 0 Å². The van der Waals surface area contributed by atoms with Crippen LogP contribution in [0.15, 0.2) is 107 Å². The van der Waals surface area contributed by atoms with E-state index >= 15 is 0 Å². The summed E-state index contributed by atoms with van der Waals surface area (Å²) in [5.74, 6) is -0.703. The number of alkyl halides is 1. The van der Waals surface area contributed by atoms with Crippen LogP contribution < -0.4 is 11.4 Å². The summed E-state index contributed by atoms with van der Waals surface area (Å²) < 4.78 is 19.3. The number of hydrogen-bond acceptors (Lipinski definition) is 4. The predicted octanol–water partition coefficient (Wildman–Crippen LogP) is 7.20. The van der Waals surface area contributed by atoms with E-state index in [2.05, 4.69) is 4.98 Å². The Bertz CT molecular complexity index is 2290. The first-order valence-corrected chi connectivity index (χ1v) is 14.8. The van der Waals surface area contributed by atoms with Crippen LogP contribution in [0.2, 0.25) is 0 Å². The molecule has 2 heterocycles. The first kappa shape index (κ1) is 32.6. The Balaban J connectivity index is 0.000000201. The number of aryl methyl sites for hydroxylation is 5. The van der Waals surface area contributed by atoms with E-state index < -0.39 is 12.8 Å². The minimum absolute atomic E-state index is 0.332. The van der Waals surface area contributed by atoms with E-state index in [0.29, 0.717) is 16.6 Å². The second-order valence-corrected chi connectivity index (χ2v) is 11.0. The van der Waals surface area contributed by atoms with Gasteiger partial charge < -0.3 is 4.98 Å². The number of rotatable bonds is 4. The average molecular weight is 634 g/mol. The number of para-hydroxylation sites is 4. The van der Waals surface area contributed by atoms with Crippen molar-refractivity contribution in [2.24, 2.45) is 7.05 Å². The summed E-state index contributed by atoms with van der Waals surface area (Å²) in [4.78, 5) is 51.7. The maximum absolute atomic E-state index is 12.5. The van der Waals surface area contributed by atoms with Crippen LogP contribution in [-0.2, 0) is 7.05 Å². The van der Waals surface area contributed by atoms with Crippen LogP contribution in [-0.4, -0.2) is 37.7 Å². The molecule has 47 heavy (non-hydrogen) atoms. The van der Waals surface area contributed by atoms with Gasteiger partial charge in [-0.15, -0.1) is 0 Å². The third-order valence-corrected chi connectivity index (χ3v) is 7.89. The number of carbonyl (C=O) groups excluding carboxylic acids is 2. The Labute approximate surface area is 273 Å². The molecule has 0 aliphatic rings. The van der Waals surface area contributed by atoms with Crippen molar-refractivity contribution in [1.82, 2.24) is 18.7 Å². The van der Waals surface area contributed by atoms with Gasteiger partial charge in [0.25, 0.3) is 11.8 Å². The number of nitrogens with one attached hydrogen (secondary N) is 1. The molecule has 240 valence electrons. The zero-order valence-corrected chi connectivity index (χ0v) is 27.0. The number of fused-ring (bicyclic) bond motifs is 2. The second-order valence-electron chi connectivity index (χ2n) is 11.0. The van der Waals surface area contributed by atoms with Crippen LogP contribution in [0, 0.1) is 27.7 Å². The highest BCUT2D eigenvalue weighted by molar-refractivity contribution is 6.00. The summed E-state index contributed by atoms with van der Waals surface area (Å²) in [6, 6.07) is 26.4. The fourth-order valence-corrected chi connectivity index (χ4v) is 5.00. The molecule has 0 aliphatic carbocycles. The number of nitrogens with zero attached hydrogens (tertiary/aromatic N) is 3. The largest absolute Gasteiger partial charge is 0.335 e. The Morgan fingerprint density at radius 3 is 1.68 bits per heavy atom. The summed E-state index contributed by atoms with van der Waals surface area (Å²) >= 11 is 0. The molecular weight excluding hydrogens is 595 g/mol. The summed E-state index contributed by atoms with van der Waals surface area (Å²) in [6.45, 7) is 8.14. The molecule has 0 atom stereocenters. The maximum Gasteiger partial charge on any atom is 0.335 e. The number of aromatic amines is 1. The van der Waals surface area contributed by atoms with Crippen LogP contribution in [0.25, 0.3) is 34.2 Å². The van der Waals surface area contributed by atoms with Crippen molar-refractivity contribution < 1.29 is 15.4 Å². The van der Waals surface area contributed by atoms with Crippen molar-refractivity contribution >= 4 is 46.0 Å². The van der Waals surface area contributed by atoms with Crippen molar-refractivity contribution in [1.29, 1.82) is 0 Å². The van der Waals surface area contributed by atoms with Gasteiger partial charge in [0.1, 0.15) is 0 Å². The third-order valence-electron chi connectivity index (χ3n) is 7.89. The van der Waals surface area contributed by atoms with Gasteiger partial charge in [-0.3, -0.25) is 18.5 Å². The number of carbonyl (C=O) groups is 2. The molecule has 0 radical (unpaired) electrons. The lowest BCUT2D eigenvalue weighted by molar-refractivity contribution is 0.0962. The molecule has 4 aromatic carbocycles. The first-order chi connectivity index (χ1) is 23.0. The fraction of sp³-hybridized carbons (Fsp3) is 0.158. The van der Waals surface area contributed by atoms with E-state index in [9.17, 15) is 23.6 Å². The minimum atomic E-state index is -1.00. The quantitative estimate of drug-likeness (QED) is 0.208. The molecular formula is C38H37FN4O4. The number of benzene rings is 4. The monoisotopic (exact) mass is 633 g/mol. The van der Waals surface area contributed by atoms with Crippen LogP contribution in [0.1, 0.15) is 44.3 Å². The zero-order chi connectivity index (χ0) is 35.0. The predicted molar refractivity (Wildman–Crippen MR) is 188 cm³/mol. The Kier molecular flexibility index (Phi) is 10.4. The fourth-order valence-electron chi connectivity index (χ4n) is 5.00. The Hall–Kier alpha value is -5.83. The van der Waals surface area contributed by atoms with Crippen LogP contribution in [0.5, 0.6) is 0 Å². The molecule has 0 spiro atoms. The van der Waals surface area contributed by atoms with Crippen molar-refractivity contribution in [2.75, 3.05) is 7.15 Å². The summed E-state index contributed by atoms with van der Waals surface area (Å²) in [5, 5.41) is 0. The van der Waals surface area contributed by atoms with E-state index in [1.54, 1.807) is 43.5 Å². The molecule has 6 aromatic rings. The highest BCUT2D eigenvalue weighted by Crippen LogP contribution is 2.15. The summed E-state index contributed by atoms with van der Waals surface area (Å²) in [7, 11) is 0.668. The van der Waals surface area contributed by atoms with Crippen molar-refractivity contribution in [2.45, 2.75) is 27.7 Å². The molecule has 0 unspecified atom stereocenters. The second kappa shape index (κ2) is 15.0. The molecule has 8 nitrogen and oxygen atoms in total. The molecule has 0 aliphatic heterocycles. The van der Waals surface area contributed by atoms with Crippen molar-refractivity contribution in [3.63, 3.8) is 0 Å². The molecule has 0 bridgehead atoms. The number of allylic oxidation sites excluding steroid dienone is 2. The smallest absolute Gasteiger partial charge is 0.305 e. The van der Waals surface area contributed by atoms with E-state index in [0.717, 1.165) is 21.2 Å². The van der Waals surface area contributed by atoms with Gasteiger partial charge >= 0.3 is 11.4 Å². The summed E-state index contributed by atoms with van der Waals surface area (Å²) in [5.41, 5.74) is 8.47. The van der Waals surface area contributed by atoms with Gasteiger partial charge in [-0.1, -0.05) is 60.7 Å². The lowest BCUT2D eigenvalue weighted by Gasteiger charge is -2.01. The molecule has 0 saturated carbocycles. The van der Waals surface area contributed by atoms with Gasteiger partial charge in [0.15, 0.2) is 0 Å². The van der Waals surface area contributed by atoms with Gasteiger partial charge in [-0.05, 0) is 97.5 Å². The topological polar surface area (TPSA) is 98.9 Å².